The van der Waals surface area contributed by atoms with Gasteiger partial charge in [-0.05, 0) is 64.4 Å². The van der Waals surface area contributed by atoms with Crippen LogP contribution in [0.1, 0.15) is 38.2 Å². The maximum atomic E-state index is 12.8. The van der Waals surface area contributed by atoms with Gasteiger partial charge in [-0.25, -0.2) is 0 Å². The lowest BCUT2D eigenvalue weighted by Crippen LogP contribution is -2.44. The average molecular weight is 372 g/mol. The fourth-order valence-corrected chi connectivity index (χ4v) is 6.08. The molecular weight excluding hydrogens is 342 g/mol. The molecular formula is C21H29N3OS. The standard InChI is InChI=1S/C21H29N3OS/c1-16-24(15-21(26-16)10-12-23(2)13-11-21)20(25)9-5-6-17-14-22-19-8-4-3-7-18(17)19/h3-4,7-8,14,16,22H,5-6,9-13,15H2,1-2H3. The molecule has 0 bridgehead atoms. The van der Waals surface area contributed by atoms with Crippen LogP contribution in [0.5, 0.6) is 0 Å². The van der Waals surface area contributed by atoms with E-state index in [4.69, 9.17) is 0 Å². The van der Waals surface area contributed by atoms with Crippen molar-refractivity contribution in [2.45, 2.75) is 49.1 Å². The molecule has 1 N–H and O–H groups in total. The van der Waals surface area contributed by atoms with E-state index in [1.165, 1.54) is 29.3 Å². The molecule has 0 radical (unpaired) electrons. The van der Waals surface area contributed by atoms with Gasteiger partial charge in [0.15, 0.2) is 0 Å². The first-order chi connectivity index (χ1) is 12.6. The zero-order valence-electron chi connectivity index (χ0n) is 15.8. The summed E-state index contributed by atoms with van der Waals surface area (Å²) in [5, 5.41) is 1.61. The molecule has 4 nitrogen and oxygen atoms in total. The van der Waals surface area contributed by atoms with E-state index in [0.717, 1.165) is 32.5 Å². The minimum atomic E-state index is 0.304. The number of aryl methyl sites for hydroxylation is 1. The molecule has 1 unspecified atom stereocenters. The van der Waals surface area contributed by atoms with Gasteiger partial charge in [-0.1, -0.05) is 18.2 Å². The molecule has 2 aromatic rings. The predicted molar refractivity (Wildman–Crippen MR) is 109 cm³/mol. The average Bonchev–Trinajstić information content (AvgIpc) is 3.19. The molecule has 4 rings (SSSR count). The number of amides is 1. The number of hydrogen-bond donors (Lipinski definition) is 1. The summed E-state index contributed by atoms with van der Waals surface area (Å²) in [6, 6.07) is 8.40. The molecule has 2 saturated heterocycles. The fourth-order valence-electron chi connectivity index (χ4n) is 4.41. The molecule has 0 aliphatic carbocycles. The van der Waals surface area contributed by atoms with E-state index in [-0.39, 0.29) is 0 Å². The summed E-state index contributed by atoms with van der Waals surface area (Å²) in [4.78, 5) is 20.7. The van der Waals surface area contributed by atoms with Crippen LogP contribution in [0.15, 0.2) is 30.5 Å². The Morgan fingerprint density at radius 2 is 2.08 bits per heavy atom. The summed E-state index contributed by atoms with van der Waals surface area (Å²) >= 11 is 2.03. The third-order valence-corrected chi connectivity index (χ3v) is 7.68. The van der Waals surface area contributed by atoms with Crippen molar-refractivity contribution in [3.63, 3.8) is 0 Å². The van der Waals surface area contributed by atoms with Crippen molar-refractivity contribution in [3.8, 4) is 0 Å². The number of benzene rings is 1. The Morgan fingerprint density at radius 1 is 1.31 bits per heavy atom. The molecule has 3 heterocycles. The smallest absolute Gasteiger partial charge is 0.223 e. The number of aromatic nitrogens is 1. The largest absolute Gasteiger partial charge is 0.361 e. The van der Waals surface area contributed by atoms with E-state index in [2.05, 4.69) is 59.2 Å². The fraction of sp³-hybridized carbons (Fsp3) is 0.571. The van der Waals surface area contributed by atoms with Crippen molar-refractivity contribution in [2.75, 3.05) is 26.7 Å². The number of likely N-dealkylation sites (tertiary alicyclic amines) is 1. The van der Waals surface area contributed by atoms with E-state index in [0.29, 0.717) is 22.4 Å². The third-order valence-electron chi connectivity index (χ3n) is 6.05. The molecule has 5 heteroatoms. The minimum absolute atomic E-state index is 0.304. The molecule has 2 fully saturated rings. The first-order valence-corrected chi connectivity index (χ1v) is 10.7. The number of rotatable bonds is 4. The van der Waals surface area contributed by atoms with E-state index in [9.17, 15) is 4.79 Å². The number of hydrogen-bond acceptors (Lipinski definition) is 3. The summed E-state index contributed by atoms with van der Waals surface area (Å²) in [5.74, 6) is 0.334. The number of H-pyrrole nitrogens is 1. The Kier molecular flexibility index (Phi) is 5.02. The van der Waals surface area contributed by atoms with Gasteiger partial charge in [-0.2, -0.15) is 0 Å². The highest BCUT2D eigenvalue weighted by atomic mass is 32.2. The van der Waals surface area contributed by atoms with Crippen LogP contribution >= 0.6 is 11.8 Å². The van der Waals surface area contributed by atoms with Gasteiger partial charge >= 0.3 is 0 Å². The summed E-state index contributed by atoms with van der Waals surface area (Å²) in [7, 11) is 2.20. The summed E-state index contributed by atoms with van der Waals surface area (Å²) < 4.78 is 0.304. The lowest BCUT2D eigenvalue weighted by molar-refractivity contribution is -0.131. The molecule has 1 atom stereocenters. The van der Waals surface area contributed by atoms with Gasteiger partial charge in [0.2, 0.25) is 5.91 Å². The van der Waals surface area contributed by atoms with Crippen LogP contribution in [0.2, 0.25) is 0 Å². The summed E-state index contributed by atoms with van der Waals surface area (Å²) in [5.41, 5.74) is 2.51. The van der Waals surface area contributed by atoms with Gasteiger partial charge in [-0.15, -0.1) is 11.8 Å². The molecule has 1 aromatic heterocycles. The Balaban J connectivity index is 1.32. The molecule has 2 aliphatic heterocycles. The molecule has 140 valence electrons. The second-order valence-electron chi connectivity index (χ2n) is 7.94. The van der Waals surface area contributed by atoms with Crippen LogP contribution in [0.3, 0.4) is 0 Å². The van der Waals surface area contributed by atoms with Crippen molar-refractivity contribution in [1.29, 1.82) is 0 Å². The molecule has 1 aromatic carbocycles. The summed E-state index contributed by atoms with van der Waals surface area (Å²) in [6.07, 6.45) is 7.04. The van der Waals surface area contributed by atoms with Crippen LogP contribution in [-0.4, -0.2) is 57.5 Å². The molecule has 2 aliphatic rings. The van der Waals surface area contributed by atoms with Crippen molar-refractivity contribution in [3.05, 3.63) is 36.0 Å². The Bertz CT molecular complexity index is 778. The normalized spacial score (nSPS) is 23.2. The second-order valence-corrected chi connectivity index (χ2v) is 9.72. The van der Waals surface area contributed by atoms with Crippen LogP contribution < -0.4 is 0 Å². The quantitative estimate of drug-likeness (QED) is 0.887. The first kappa shape index (κ1) is 17.9. The number of carbonyl (C=O) groups excluding carboxylic acids is 1. The highest BCUT2D eigenvalue weighted by molar-refractivity contribution is 8.01. The van der Waals surface area contributed by atoms with Gasteiger partial charge in [0.25, 0.3) is 0 Å². The van der Waals surface area contributed by atoms with Crippen molar-refractivity contribution >= 4 is 28.6 Å². The number of fused-ring (bicyclic) bond motifs is 1. The van der Waals surface area contributed by atoms with Crippen LogP contribution in [0, 0.1) is 0 Å². The maximum absolute atomic E-state index is 12.8. The van der Waals surface area contributed by atoms with E-state index < -0.39 is 0 Å². The Labute approximate surface area is 160 Å². The van der Waals surface area contributed by atoms with E-state index in [1.54, 1.807) is 0 Å². The number of thioether (sulfide) groups is 1. The van der Waals surface area contributed by atoms with Crippen molar-refractivity contribution < 1.29 is 4.79 Å². The zero-order chi connectivity index (χ0) is 18.1. The SMILES string of the molecule is CC1SC2(CCN(C)CC2)CN1C(=O)CCCc1c[nH]c2ccccc12. The third kappa shape index (κ3) is 3.52. The van der Waals surface area contributed by atoms with E-state index in [1.807, 2.05) is 11.8 Å². The van der Waals surface area contributed by atoms with Crippen molar-refractivity contribution in [1.82, 2.24) is 14.8 Å². The molecule has 1 amide bonds. The highest BCUT2D eigenvalue weighted by Gasteiger charge is 2.45. The maximum Gasteiger partial charge on any atom is 0.223 e. The van der Waals surface area contributed by atoms with Gasteiger partial charge < -0.3 is 14.8 Å². The van der Waals surface area contributed by atoms with E-state index >= 15 is 0 Å². The first-order valence-electron chi connectivity index (χ1n) is 9.77. The van der Waals surface area contributed by atoms with Gasteiger partial charge in [0.1, 0.15) is 0 Å². The van der Waals surface area contributed by atoms with Gasteiger partial charge in [0.05, 0.1) is 5.37 Å². The van der Waals surface area contributed by atoms with Gasteiger partial charge in [0, 0.05) is 34.8 Å². The second kappa shape index (κ2) is 7.28. The lowest BCUT2D eigenvalue weighted by Gasteiger charge is -2.36. The topological polar surface area (TPSA) is 39.3 Å². The number of carbonyl (C=O) groups is 1. The monoisotopic (exact) mass is 371 g/mol. The zero-order valence-corrected chi connectivity index (χ0v) is 16.6. The lowest BCUT2D eigenvalue weighted by atomic mass is 9.95. The highest BCUT2D eigenvalue weighted by Crippen LogP contribution is 2.46. The Hall–Kier alpha value is -1.46. The molecule has 1 spiro atoms. The van der Waals surface area contributed by atoms with Crippen LogP contribution in [0.4, 0.5) is 0 Å². The number of aromatic amines is 1. The Morgan fingerprint density at radius 3 is 2.88 bits per heavy atom. The van der Waals surface area contributed by atoms with Crippen LogP contribution in [0.25, 0.3) is 10.9 Å². The minimum Gasteiger partial charge on any atom is -0.361 e. The predicted octanol–water partition coefficient (Wildman–Crippen LogP) is 3.88. The van der Waals surface area contributed by atoms with Crippen LogP contribution in [-0.2, 0) is 11.2 Å². The molecule has 0 saturated carbocycles. The molecule has 26 heavy (non-hydrogen) atoms. The summed E-state index contributed by atoms with van der Waals surface area (Å²) in [6.45, 7) is 5.46. The number of para-hydroxylation sites is 1. The number of nitrogens with zero attached hydrogens (tertiary/aromatic N) is 2. The number of nitrogens with one attached hydrogen (secondary N) is 1. The van der Waals surface area contributed by atoms with Gasteiger partial charge in [-0.3, -0.25) is 4.79 Å². The number of piperidine rings is 1. The van der Waals surface area contributed by atoms with Crippen molar-refractivity contribution in [2.24, 2.45) is 0 Å².